The average molecular weight is 293 g/mol. The molecule has 1 heterocycles. The summed E-state index contributed by atoms with van der Waals surface area (Å²) in [5.41, 5.74) is 0.261. The van der Waals surface area contributed by atoms with Gasteiger partial charge in [-0.05, 0) is 23.8 Å². The van der Waals surface area contributed by atoms with E-state index in [9.17, 15) is 18.5 Å². The summed E-state index contributed by atoms with van der Waals surface area (Å²) in [6, 6.07) is 8.52. The van der Waals surface area contributed by atoms with Gasteiger partial charge in [-0.1, -0.05) is 12.1 Å². The number of hydrogen-bond donors (Lipinski definition) is 1. The molecule has 0 unspecified atom stereocenters. The van der Waals surface area contributed by atoms with E-state index in [-0.39, 0.29) is 11.4 Å². The van der Waals surface area contributed by atoms with Gasteiger partial charge in [0.2, 0.25) is 10.0 Å². The quantitative estimate of drug-likeness (QED) is 0.664. The molecule has 7 nitrogen and oxygen atoms in total. The van der Waals surface area contributed by atoms with E-state index in [0.29, 0.717) is 5.56 Å². The Labute approximate surface area is 115 Å². The second kappa shape index (κ2) is 5.76. The summed E-state index contributed by atoms with van der Waals surface area (Å²) in [5.74, 6) is 0. The molecular weight excluding hydrogens is 282 g/mol. The van der Waals surface area contributed by atoms with Crippen LogP contribution in [0.4, 0.5) is 5.69 Å². The Balaban J connectivity index is 2.25. The number of sulfonamides is 1. The number of benzene rings is 1. The first-order chi connectivity index (χ1) is 9.50. The van der Waals surface area contributed by atoms with Gasteiger partial charge in [-0.2, -0.15) is 0 Å². The molecule has 1 N–H and O–H groups in total. The van der Waals surface area contributed by atoms with Crippen LogP contribution in [0.2, 0.25) is 0 Å². The van der Waals surface area contributed by atoms with Crippen LogP contribution in [0.15, 0.2) is 53.7 Å². The third kappa shape index (κ3) is 3.16. The molecule has 0 aliphatic carbocycles. The molecule has 104 valence electrons. The van der Waals surface area contributed by atoms with E-state index in [4.69, 9.17) is 0 Å². The number of nitrogens with zero attached hydrogens (tertiary/aromatic N) is 2. The van der Waals surface area contributed by atoms with E-state index in [2.05, 4.69) is 9.71 Å². The molecule has 0 atom stereocenters. The fourth-order valence-corrected chi connectivity index (χ4v) is 2.78. The maximum Gasteiger partial charge on any atom is 0.289 e. The minimum atomic E-state index is -3.95. The molecule has 0 saturated heterocycles. The van der Waals surface area contributed by atoms with Crippen LogP contribution in [0.5, 0.6) is 0 Å². The molecule has 8 heteroatoms. The number of rotatable bonds is 5. The highest BCUT2D eigenvalue weighted by Crippen LogP contribution is 2.22. The van der Waals surface area contributed by atoms with E-state index in [1.807, 2.05) is 0 Å². The number of para-hydroxylation sites is 1. The van der Waals surface area contributed by atoms with Crippen molar-refractivity contribution in [2.75, 3.05) is 0 Å². The Morgan fingerprint density at radius 2 is 1.80 bits per heavy atom. The SMILES string of the molecule is O=[N+]([O-])c1ccccc1S(=O)(=O)NCc1ccncc1. The summed E-state index contributed by atoms with van der Waals surface area (Å²) in [6.45, 7) is 0.0386. The smallest absolute Gasteiger partial charge is 0.265 e. The normalized spacial score (nSPS) is 11.2. The third-order valence-electron chi connectivity index (χ3n) is 2.57. The Bertz CT molecular complexity index is 716. The largest absolute Gasteiger partial charge is 0.289 e. The van der Waals surface area contributed by atoms with Crippen LogP contribution >= 0.6 is 0 Å². The Morgan fingerprint density at radius 3 is 2.45 bits per heavy atom. The van der Waals surface area contributed by atoms with Gasteiger partial charge in [-0.15, -0.1) is 0 Å². The first-order valence-corrected chi connectivity index (χ1v) is 7.11. The summed E-state index contributed by atoms with van der Waals surface area (Å²) in [5, 5.41) is 10.8. The van der Waals surface area contributed by atoms with Crippen molar-refractivity contribution in [3.05, 3.63) is 64.5 Å². The predicted octanol–water partition coefficient (Wildman–Crippen LogP) is 1.47. The molecule has 0 saturated carbocycles. The fourth-order valence-electron chi connectivity index (χ4n) is 1.59. The van der Waals surface area contributed by atoms with Gasteiger partial charge in [0.05, 0.1) is 4.92 Å². The van der Waals surface area contributed by atoms with Crippen LogP contribution in [0.25, 0.3) is 0 Å². The summed E-state index contributed by atoms with van der Waals surface area (Å²) < 4.78 is 26.5. The summed E-state index contributed by atoms with van der Waals surface area (Å²) in [6.07, 6.45) is 3.07. The minimum absolute atomic E-state index is 0.0386. The van der Waals surface area contributed by atoms with Gasteiger partial charge < -0.3 is 0 Å². The van der Waals surface area contributed by atoms with Gasteiger partial charge in [0, 0.05) is 25.0 Å². The molecule has 0 fully saturated rings. The highest BCUT2D eigenvalue weighted by molar-refractivity contribution is 7.89. The maximum atomic E-state index is 12.1. The average Bonchev–Trinajstić information content (AvgIpc) is 2.46. The third-order valence-corrected chi connectivity index (χ3v) is 4.02. The summed E-state index contributed by atoms with van der Waals surface area (Å²) >= 11 is 0. The van der Waals surface area contributed by atoms with Gasteiger partial charge in [0.1, 0.15) is 0 Å². The molecule has 20 heavy (non-hydrogen) atoms. The second-order valence-corrected chi connectivity index (χ2v) is 5.64. The molecule has 0 radical (unpaired) electrons. The fraction of sp³-hybridized carbons (Fsp3) is 0.0833. The summed E-state index contributed by atoms with van der Waals surface area (Å²) in [7, 11) is -3.95. The molecule has 1 aromatic carbocycles. The number of nitro benzene ring substituents is 1. The van der Waals surface area contributed by atoms with E-state index in [1.165, 1.54) is 30.6 Å². The van der Waals surface area contributed by atoms with Crippen molar-refractivity contribution in [3.8, 4) is 0 Å². The number of nitrogens with one attached hydrogen (secondary N) is 1. The van der Waals surface area contributed by atoms with Crippen molar-refractivity contribution in [2.24, 2.45) is 0 Å². The maximum absolute atomic E-state index is 12.1. The Kier molecular flexibility index (Phi) is 4.06. The molecule has 0 aliphatic heterocycles. The van der Waals surface area contributed by atoms with Crippen LogP contribution in [0, 0.1) is 10.1 Å². The van der Waals surface area contributed by atoms with Crippen molar-refractivity contribution in [3.63, 3.8) is 0 Å². The highest BCUT2D eigenvalue weighted by Gasteiger charge is 2.24. The lowest BCUT2D eigenvalue weighted by Gasteiger charge is -2.07. The van der Waals surface area contributed by atoms with Crippen LogP contribution in [0.1, 0.15) is 5.56 Å². The van der Waals surface area contributed by atoms with Crippen molar-refractivity contribution in [1.29, 1.82) is 0 Å². The van der Waals surface area contributed by atoms with Gasteiger partial charge in [0.25, 0.3) is 5.69 Å². The van der Waals surface area contributed by atoms with Crippen LogP contribution < -0.4 is 4.72 Å². The van der Waals surface area contributed by atoms with Crippen molar-refractivity contribution >= 4 is 15.7 Å². The van der Waals surface area contributed by atoms with E-state index in [0.717, 1.165) is 6.07 Å². The van der Waals surface area contributed by atoms with E-state index in [1.54, 1.807) is 12.1 Å². The molecule has 0 bridgehead atoms. The highest BCUT2D eigenvalue weighted by atomic mass is 32.2. The number of pyridine rings is 1. The minimum Gasteiger partial charge on any atom is -0.265 e. The van der Waals surface area contributed by atoms with Crippen LogP contribution in [0.3, 0.4) is 0 Å². The topological polar surface area (TPSA) is 102 Å². The van der Waals surface area contributed by atoms with Crippen molar-refractivity contribution in [1.82, 2.24) is 9.71 Å². The molecular formula is C12H11N3O4S. The lowest BCUT2D eigenvalue weighted by molar-refractivity contribution is -0.387. The van der Waals surface area contributed by atoms with Crippen molar-refractivity contribution in [2.45, 2.75) is 11.4 Å². The van der Waals surface area contributed by atoms with Crippen molar-refractivity contribution < 1.29 is 13.3 Å². The lowest BCUT2D eigenvalue weighted by Crippen LogP contribution is -2.24. The zero-order chi connectivity index (χ0) is 14.6. The number of nitro groups is 1. The van der Waals surface area contributed by atoms with Crippen LogP contribution in [-0.2, 0) is 16.6 Å². The Hall–Kier alpha value is -2.32. The summed E-state index contributed by atoms with van der Waals surface area (Å²) in [4.78, 5) is 13.6. The van der Waals surface area contributed by atoms with Gasteiger partial charge in [-0.3, -0.25) is 15.1 Å². The van der Waals surface area contributed by atoms with Gasteiger partial charge in [0.15, 0.2) is 4.90 Å². The second-order valence-electron chi connectivity index (χ2n) is 3.90. The zero-order valence-electron chi connectivity index (χ0n) is 10.3. The lowest BCUT2D eigenvalue weighted by atomic mass is 10.3. The molecule has 0 amide bonds. The number of aromatic nitrogens is 1. The van der Waals surface area contributed by atoms with Gasteiger partial charge in [-0.25, -0.2) is 13.1 Å². The molecule has 1 aromatic heterocycles. The molecule has 2 aromatic rings. The molecule has 0 aliphatic rings. The first-order valence-electron chi connectivity index (χ1n) is 5.63. The van der Waals surface area contributed by atoms with E-state index < -0.39 is 20.6 Å². The monoisotopic (exact) mass is 293 g/mol. The van der Waals surface area contributed by atoms with E-state index >= 15 is 0 Å². The number of hydrogen-bond acceptors (Lipinski definition) is 5. The standard InChI is InChI=1S/C12H11N3O4S/c16-15(17)11-3-1-2-4-12(11)20(18,19)14-9-10-5-7-13-8-6-10/h1-8,14H,9H2. The first kappa shape index (κ1) is 14.1. The predicted molar refractivity (Wildman–Crippen MR) is 71.4 cm³/mol. The van der Waals surface area contributed by atoms with Gasteiger partial charge >= 0.3 is 0 Å². The molecule has 2 rings (SSSR count). The Morgan fingerprint density at radius 1 is 1.15 bits per heavy atom. The molecule has 0 spiro atoms. The zero-order valence-corrected chi connectivity index (χ0v) is 11.1. The van der Waals surface area contributed by atoms with Crippen LogP contribution in [-0.4, -0.2) is 18.3 Å².